The Morgan fingerprint density at radius 1 is 1.35 bits per heavy atom. The zero-order valence-electron chi connectivity index (χ0n) is 10.6. The molecule has 1 aromatic heterocycles. The lowest BCUT2D eigenvalue weighted by Crippen LogP contribution is -2.38. The maximum Gasteiger partial charge on any atom is 0.172 e. The van der Waals surface area contributed by atoms with Gasteiger partial charge < -0.3 is 5.73 Å². The first-order chi connectivity index (χ1) is 9.40. The minimum atomic E-state index is -0.927. The van der Waals surface area contributed by atoms with Gasteiger partial charge in [-0.2, -0.15) is 5.10 Å². The SMILES string of the molecule is CC1(c2cc(Br)ccc2F)Cn2ncc(F)c2C(N)=N1. The van der Waals surface area contributed by atoms with Gasteiger partial charge in [0.25, 0.3) is 0 Å². The first kappa shape index (κ1) is 13.2. The van der Waals surface area contributed by atoms with Crippen molar-refractivity contribution in [2.24, 2.45) is 10.7 Å². The van der Waals surface area contributed by atoms with Crippen LogP contribution in [0.15, 0.2) is 33.9 Å². The van der Waals surface area contributed by atoms with Gasteiger partial charge in [0.15, 0.2) is 5.82 Å². The van der Waals surface area contributed by atoms with Crippen molar-refractivity contribution in [3.05, 3.63) is 51.8 Å². The molecule has 1 atom stereocenters. The molecule has 20 heavy (non-hydrogen) atoms. The van der Waals surface area contributed by atoms with Crippen LogP contribution >= 0.6 is 15.9 Å². The maximum atomic E-state index is 14.1. The lowest BCUT2D eigenvalue weighted by Gasteiger charge is -2.31. The molecule has 1 aliphatic rings. The number of halogens is 3. The summed E-state index contributed by atoms with van der Waals surface area (Å²) >= 11 is 3.31. The summed E-state index contributed by atoms with van der Waals surface area (Å²) in [5.74, 6) is -0.889. The minimum Gasteiger partial charge on any atom is -0.382 e. The molecule has 1 aliphatic heterocycles. The second-order valence-corrected chi connectivity index (χ2v) is 5.81. The quantitative estimate of drug-likeness (QED) is 0.867. The predicted octanol–water partition coefficient (Wildman–Crippen LogP) is 2.56. The van der Waals surface area contributed by atoms with Crippen LogP contribution in [0.5, 0.6) is 0 Å². The van der Waals surface area contributed by atoms with E-state index in [-0.39, 0.29) is 23.9 Å². The summed E-state index contributed by atoms with van der Waals surface area (Å²) < 4.78 is 29.8. The van der Waals surface area contributed by atoms with Crippen LogP contribution in [-0.4, -0.2) is 15.6 Å². The third kappa shape index (κ3) is 1.93. The Balaban J connectivity index is 2.16. The number of fused-ring (bicyclic) bond motifs is 1. The number of benzene rings is 1. The maximum absolute atomic E-state index is 14.1. The van der Waals surface area contributed by atoms with E-state index >= 15 is 0 Å². The van der Waals surface area contributed by atoms with Crippen molar-refractivity contribution in [1.29, 1.82) is 0 Å². The fourth-order valence-corrected chi connectivity index (χ4v) is 2.80. The van der Waals surface area contributed by atoms with E-state index in [1.54, 1.807) is 19.1 Å². The van der Waals surface area contributed by atoms with E-state index in [1.165, 1.54) is 10.7 Å². The fraction of sp³-hybridized carbons (Fsp3) is 0.231. The zero-order valence-corrected chi connectivity index (χ0v) is 12.2. The van der Waals surface area contributed by atoms with E-state index in [4.69, 9.17) is 5.73 Å². The summed E-state index contributed by atoms with van der Waals surface area (Å²) in [6.07, 6.45) is 1.08. The van der Waals surface area contributed by atoms with Crippen LogP contribution in [-0.2, 0) is 12.1 Å². The fourth-order valence-electron chi connectivity index (χ4n) is 2.44. The molecular formula is C13H11BrF2N4. The summed E-state index contributed by atoms with van der Waals surface area (Å²) in [5, 5.41) is 3.93. The smallest absolute Gasteiger partial charge is 0.172 e. The molecule has 0 spiro atoms. The molecule has 7 heteroatoms. The molecule has 0 radical (unpaired) electrons. The Morgan fingerprint density at radius 3 is 2.85 bits per heavy atom. The summed E-state index contributed by atoms with van der Waals surface area (Å²) in [5.41, 5.74) is 5.42. The highest BCUT2D eigenvalue weighted by Crippen LogP contribution is 2.34. The molecule has 0 amide bonds. The lowest BCUT2D eigenvalue weighted by atomic mass is 9.91. The third-order valence-electron chi connectivity index (χ3n) is 3.37. The molecule has 1 aromatic carbocycles. The average Bonchev–Trinajstić information content (AvgIpc) is 2.73. The van der Waals surface area contributed by atoms with Crippen LogP contribution in [0, 0.1) is 11.6 Å². The van der Waals surface area contributed by atoms with E-state index in [1.807, 2.05) is 0 Å². The monoisotopic (exact) mass is 340 g/mol. The molecular weight excluding hydrogens is 330 g/mol. The van der Waals surface area contributed by atoms with Crippen LogP contribution in [0.1, 0.15) is 18.2 Å². The molecule has 4 nitrogen and oxygen atoms in total. The van der Waals surface area contributed by atoms with Crippen molar-refractivity contribution in [2.45, 2.75) is 19.0 Å². The lowest BCUT2D eigenvalue weighted by molar-refractivity contribution is 0.361. The number of nitrogens with two attached hydrogens (primary N) is 1. The van der Waals surface area contributed by atoms with E-state index < -0.39 is 11.4 Å². The van der Waals surface area contributed by atoms with Gasteiger partial charge in [0, 0.05) is 10.0 Å². The van der Waals surface area contributed by atoms with Gasteiger partial charge in [-0.1, -0.05) is 15.9 Å². The molecule has 0 saturated heterocycles. The topological polar surface area (TPSA) is 56.2 Å². The van der Waals surface area contributed by atoms with Gasteiger partial charge in [-0.05, 0) is 25.1 Å². The minimum absolute atomic E-state index is 0.0214. The molecule has 2 N–H and O–H groups in total. The van der Waals surface area contributed by atoms with Crippen molar-refractivity contribution in [1.82, 2.24) is 9.78 Å². The van der Waals surface area contributed by atoms with Crippen LogP contribution in [0.2, 0.25) is 0 Å². The van der Waals surface area contributed by atoms with Crippen molar-refractivity contribution in [3.8, 4) is 0 Å². The van der Waals surface area contributed by atoms with Crippen molar-refractivity contribution < 1.29 is 8.78 Å². The highest BCUT2D eigenvalue weighted by molar-refractivity contribution is 9.10. The number of hydrogen-bond acceptors (Lipinski definition) is 3. The van der Waals surface area contributed by atoms with Gasteiger partial charge in [0.2, 0.25) is 0 Å². The van der Waals surface area contributed by atoms with Gasteiger partial charge in [-0.15, -0.1) is 0 Å². The van der Waals surface area contributed by atoms with Gasteiger partial charge in [-0.25, -0.2) is 8.78 Å². The average molecular weight is 341 g/mol. The molecule has 2 aromatic rings. The zero-order chi connectivity index (χ0) is 14.5. The summed E-state index contributed by atoms with van der Waals surface area (Å²) in [4.78, 5) is 4.29. The van der Waals surface area contributed by atoms with Gasteiger partial charge in [0.05, 0.1) is 12.7 Å². The van der Waals surface area contributed by atoms with Crippen LogP contribution < -0.4 is 5.73 Å². The van der Waals surface area contributed by atoms with Crippen LogP contribution in [0.4, 0.5) is 8.78 Å². The van der Waals surface area contributed by atoms with Crippen molar-refractivity contribution in [2.75, 3.05) is 0 Å². The second-order valence-electron chi connectivity index (χ2n) is 4.89. The highest BCUT2D eigenvalue weighted by atomic mass is 79.9. The highest BCUT2D eigenvalue weighted by Gasteiger charge is 2.36. The molecule has 3 rings (SSSR count). The summed E-state index contributed by atoms with van der Waals surface area (Å²) in [6.45, 7) is 1.97. The molecule has 0 aliphatic carbocycles. The van der Waals surface area contributed by atoms with Gasteiger partial charge in [-0.3, -0.25) is 9.67 Å². The number of hydrogen-bond donors (Lipinski definition) is 1. The Bertz CT molecular complexity index is 725. The molecule has 0 fully saturated rings. The number of rotatable bonds is 1. The summed E-state index contributed by atoms with van der Waals surface area (Å²) in [7, 11) is 0. The number of aromatic nitrogens is 2. The standard InChI is InChI=1S/C13H11BrF2N4/c1-13(8-4-7(14)2-3-9(8)15)6-20-11(12(17)19-13)10(16)5-18-20/h2-5H,6H2,1H3,(H2,17,19). The van der Waals surface area contributed by atoms with Crippen molar-refractivity contribution >= 4 is 21.8 Å². The molecule has 104 valence electrons. The third-order valence-corrected chi connectivity index (χ3v) is 3.86. The molecule has 1 unspecified atom stereocenters. The van der Waals surface area contributed by atoms with E-state index in [9.17, 15) is 8.78 Å². The van der Waals surface area contributed by atoms with Gasteiger partial charge in [0.1, 0.15) is 22.9 Å². The van der Waals surface area contributed by atoms with E-state index in [0.29, 0.717) is 5.56 Å². The molecule has 0 bridgehead atoms. The normalized spacial score (nSPS) is 21.5. The van der Waals surface area contributed by atoms with E-state index in [2.05, 4.69) is 26.0 Å². The Morgan fingerprint density at radius 2 is 2.10 bits per heavy atom. The number of aliphatic imine (C=N–C) groups is 1. The number of amidine groups is 1. The first-order valence-corrected chi connectivity index (χ1v) is 6.72. The number of nitrogens with zero attached hydrogens (tertiary/aromatic N) is 3. The molecule has 0 saturated carbocycles. The van der Waals surface area contributed by atoms with Crippen LogP contribution in [0.25, 0.3) is 0 Å². The second kappa shape index (κ2) is 4.37. The summed E-state index contributed by atoms with van der Waals surface area (Å²) in [6, 6.07) is 4.61. The molecule has 2 heterocycles. The van der Waals surface area contributed by atoms with E-state index in [0.717, 1.165) is 10.7 Å². The Hall–Kier alpha value is -1.76. The largest absolute Gasteiger partial charge is 0.382 e. The van der Waals surface area contributed by atoms with Crippen LogP contribution in [0.3, 0.4) is 0 Å². The predicted molar refractivity (Wildman–Crippen MR) is 74.4 cm³/mol. The van der Waals surface area contributed by atoms with Crippen molar-refractivity contribution in [3.63, 3.8) is 0 Å². The Labute approximate surface area is 122 Å². The Kier molecular flexibility index (Phi) is 2.89. The van der Waals surface area contributed by atoms with Gasteiger partial charge >= 0.3 is 0 Å². The first-order valence-electron chi connectivity index (χ1n) is 5.93.